The normalized spacial score (nSPS) is 31.8. The Labute approximate surface area is 113 Å². The maximum absolute atomic E-state index is 3.74. The summed E-state index contributed by atoms with van der Waals surface area (Å²) in [6, 6.07) is 0.748. The highest BCUT2D eigenvalue weighted by Crippen LogP contribution is 2.37. The summed E-state index contributed by atoms with van der Waals surface area (Å²) in [7, 11) is 0. The van der Waals surface area contributed by atoms with E-state index in [2.05, 4.69) is 38.3 Å². The van der Waals surface area contributed by atoms with Gasteiger partial charge in [-0.05, 0) is 55.5 Å². The molecule has 0 aromatic carbocycles. The Kier molecular flexibility index (Phi) is 5.08. The summed E-state index contributed by atoms with van der Waals surface area (Å²) < 4.78 is 0. The minimum Gasteiger partial charge on any atom is -0.315 e. The first kappa shape index (κ1) is 14.3. The Morgan fingerprint density at radius 3 is 2.50 bits per heavy atom. The summed E-state index contributed by atoms with van der Waals surface area (Å²) in [5.41, 5.74) is 0. The minimum atomic E-state index is 0.748. The molecule has 18 heavy (non-hydrogen) atoms. The average molecular weight is 252 g/mol. The van der Waals surface area contributed by atoms with Gasteiger partial charge in [0, 0.05) is 12.6 Å². The summed E-state index contributed by atoms with van der Waals surface area (Å²) in [6.45, 7) is 13.1. The molecule has 1 saturated heterocycles. The van der Waals surface area contributed by atoms with E-state index in [1.54, 1.807) is 0 Å². The summed E-state index contributed by atoms with van der Waals surface area (Å²) in [5, 5.41) is 7.47. The van der Waals surface area contributed by atoms with E-state index in [-0.39, 0.29) is 0 Å². The molecular weight excluding hydrogens is 220 g/mol. The van der Waals surface area contributed by atoms with Crippen molar-refractivity contribution >= 4 is 0 Å². The fourth-order valence-electron chi connectivity index (χ4n) is 4.17. The van der Waals surface area contributed by atoms with Crippen molar-refractivity contribution in [3.63, 3.8) is 0 Å². The molecule has 0 bridgehead atoms. The van der Waals surface area contributed by atoms with Gasteiger partial charge in [0.05, 0.1) is 0 Å². The van der Waals surface area contributed by atoms with Crippen LogP contribution in [0.2, 0.25) is 0 Å². The average Bonchev–Trinajstić information content (AvgIpc) is 2.86. The molecule has 0 spiro atoms. The molecule has 2 aliphatic rings. The van der Waals surface area contributed by atoms with E-state index in [0.717, 1.165) is 35.6 Å². The fourth-order valence-corrected chi connectivity index (χ4v) is 4.17. The van der Waals surface area contributed by atoms with Crippen molar-refractivity contribution in [2.75, 3.05) is 19.6 Å². The minimum absolute atomic E-state index is 0.748. The monoisotopic (exact) mass is 252 g/mol. The first-order chi connectivity index (χ1) is 8.59. The number of rotatable bonds is 6. The van der Waals surface area contributed by atoms with Crippen molar-refractivity contribution in [1.82, 2.24) is 10.6 Å². The Morgan fingerprint density at radius 2 is 1.83 bits per heavy atom. The van der Waals surface area contributed by atoms with Crippen LogP contribution >= 0.6 is 0 Å². The zero-order chi connectivity index (χ0) is 13.1. The molecule has 0 aromatic rings. The molecule has 2 rings (SSSR count). The topological polar surface area (TPSA) is 24.1 Å². The molecule has 1 aliphatic carbocycles. The molecule has 3 unspecified atom stereocenters. The second-order valence-electron chi connectivity index (χ2n) is 7.18. The summed E-state index contributed by atoms with van der Waals surface area (Å²) in [4.78, 5) is 0. The third-order valence-corrected chi connectivity index (χ3v) is 5.33. The van der Waals surface area contributed by atoms with Gasteiger partial charge in [0.2, 0.25) is 0 Å². The molecule has 2 heteroatoms. The predicted molar refractivity (Wildman–Crippen MR) is 78.7 cm³/mol. The molecule has 1 saturated carbocycles. The van der Waals surface area contributed by atoms with E-state index >= 15 is 0 Å². The van der Waals surface area contributed by atoms with Crippen LogP contribution in [0.25, 0.3) is 0 Å². The zero-order valence-electron chi connectivity index (χ0n) is 12.7. The number of hydrogen-bond donors (Lipinski definition) is 2. The summed E-state index contributed by atoms with van der Waals surface area (Å²) in [5.74, 6) is 4.34. The standard InChI is InChI=1S/C16H32N2/c1-11(2)15(12(3)4)9-17-10-16-14-7-5-6-13(14)8-18-16/h11-18H,5-10H2,1-4H3. The number of hydrogen-bond acceptors (Lipinski definition) is 2. The maximum Gasteiger partial charge on any atom is 0.0223 e. The van der Waals surface area contributed by atoms with Gasteiger partial charge in [0.1, 0.15) is 0 Å². The number of nitrogens with one attached hydrogen (secondary N) is 2. The second-order valence-corrected chi connectivity index (χ2v) is 7.18. The highest BCUT2D eigenvalue weighted by atomic mass is 15.0. The lowest BCUT2D eigenvalue weighted by Gasteiger charge is -2.27. The van der Waals surface area contributed by atoms with Crippen molar-refractivity contribution in [1.29, 1.82) is 0 Å². The van der Waals surface area contributed by atoms with Crippen LogP contribution in [0, 0.1) is 29.6 Å². The first-order valence-electron chi connectivity index (χ1n) is 8.03. The van der Waals surface area contributed by atoms with Gasteiger partial charge in [-0.1, -0.05) is 34.1 Å². The quantitative estimate of drug-likeness (QED) is 0.759. The van der Waals surface area contributed by atoms with Gasteiger partial charge >= 0.3 is 0 Å². The maximum atomic E-state index is 3.74. The summed E-state index contributed by atoms with van der Waals surface area (Å²) in [6.07, 6.45) is 4.39. The van der Waals surface area contributed by atoms with Crippen molar-refractivity contribution < 1.29 is 0 Å². The van der Waals surface area contributed by atoms with E-state index in [9.17, 15) is 0 Å². The largest absolute Gasteiger partial charge is 0.315 e. The molecule has 1 aliphatic heterocycles. The second kappa shape index (κ2) is 6.38. The van der Waals surface area contributed by atoms with Crippen LogP contribution in [-0.4, -0.2) is 25.7 Å². The van der Waals surface area contributed by atoms with Gasteiger partial charge in [-0.2, -0.15) is 0 Å². The molecule has 0 aromatic heterocycles. The molecule has 2 N–H and O–H groups in total. The van der Waals surface area contributed by atoms with Crippen LogP contribution < -0.4 is 10.6 Å². The molecule has 2 fully saturated rings. The van der Waals surface area contributed by atoms with Crippen molar-refractivity contribution in [3.8, 4) is 0 Å². The third kappa shape index (κ3) is 3.27. The Hall–Kier alpha value is -0.0800. The van der Waals surface area contributed by atoms with Crippen molar-refractivity contribution in [2.24, 2.45) is 29.6 Å². The van der Waals surface area contributed by atoms with Gasteiger partial charge in [-0.25, -0.2) is 0 Å². The molecular formula is C16H32N2. The number of fused-ring (bicyclic) bond motifs is 1. The van der Waals surface area contributed by atoms with Gasteiger partial charge in [0.15, 0.2) is 0 Å². The zero-order valence-corrected chi connectivity index (χ0v) is 12.7. The van der Waals surface area contributed by atoms with E-state index < -0.39 is 0 Å². The first-order valence-corrected chi connectivity index (χ1v) is 8.03. The molecule has 106 valence electrons. The Bertz CT molecular complexity index is 241. The van der Waals surface area contributed by atoms with Gasteiger partial charge in [0.25, 0.3) is 0 Å². The predicted octanol–water partition coefficient (Wildman–Crippen LogP) is 2.89. The Morgan fingerprint density at radius 1 is 1.11 bits per heavy atom. The van der Waals surface area contributed by atoms with E-state index in [0.29, 0.717) is 0 Å². The van der Waals surface area contributed by atoms with Gasteiger partial charge in [-0.3, -0.25) is 0 Å². The van der Waals surface area contributed by atoms with E-state index in [1.807, 2.05) is 0 Å². The fraction of sp³-hybridized carbons (Fsp3) is 1.00. The van der Waals surface area contributed by atoms with Crippen LogP contribution in [0.15, 0.2) is 0 Å². The smallest absolute Gasteiger partial charge is 0.0223 e. The molecule has 0 amide bonds. The lowest BCUT2D eigenvalue weighted by Crippen LogP contribution is -2.41. The lowest BCUT2D eigenvalue weighted by atomic mass is 9.85. The van der Waals surface area contributed by atoms with Crippen LogP contribution in [0.5, 0.6) is 0 Å². The van der Waals surface area contributed by atoms with Crippen molar-refractivity contribution in [2.45, 2.75) is 53.0 Å². The lowest BCUT2D eigenvalue weighted by molar-refractivity contribution is 0.268. The SMILES string of the molecule is CC(C)C(CNCC1NCC2CCCC21)C(C)C. The van der Waals surface area contributed by atoms with Crippen LogP contribution in [0.3, 0.4) is 0 Å². The van der Waals surface area contributed by atoms with Gasteiger partial charge < -0.3 is 10.6 Å². The van der Waals surface area contributed by atoms with Crippen LogP contribution in [-0.2, 0) is 0 Å². The van der Waals surface area contributed by atoms with Gasteiger partial charge in [-0.15, -0.1) is 0 Å². The molecule has 2 nitrogen and oxygen atoms in total. The highest BCUT2D eigenvalue weighted by Gasteiger charge is 2.38. The third-order valence-electron chi connectivity index (χ3n) is 5.33. The molecule has 1 heterocycles. The molecule has 0 radical (unpaired) electrons. The summed E-state index contributed by atoms with van der Waals surface area (Å²) >= 11 is 0. The highest BCUT2D eigenvalue weighted by molar-refractivity contribution is 4.95. The van der Waals surface area contributed by atoms with Crippen LogP contribution in [0.1, 0.15) is 47.0 Å². The van der Waals surface area contributed by atoms with E-state index in [4.69, 9.17) is 0 Å². The van der Waals surface area contributed by atoms with E-state index in [1.165, 1.54) is 38.9 Å². The van der Waals surface area contributed by atoms with Crippen LogP contribution in [0.4, 0.5) is 0 Å². The Balaban J connectivity index is 1.71. The van der Waals surface area contributed by atoms with Crippen molar-refractivity contribution in [3.05, 3.63) is 0 Å². The molecule has 3 atom stereocenters.